The molecule has 33 heavy (non-hydrogen) atoms. The maximum Gasteiger partial charge on any atom is 0.336 e. The van der Waals surface area contributed by atoms with Gasteiger partial charge in [0.15, 0.2) is 0 Å². The number of aryl methyl sites for hydroxylation is 2. The molecule has 1 heterocycles. The van der Waals surface area contributed by atoms with Crippen LogP contribution in [0.4, 0.5) is 5.69 Å². The highest BCUT2D eigenvalue weighted by atomic mass is 16.4. The first-order valence-corrected chi connectivity index (χ1v) is 11.5. The van der Waals surface area contributed by atoms with Crippen LogP contribution in [0.3, 0.4) is 0 Å². The predicted octanol–water partition coefficient (Wildman–Crippen LogP) is 6.29. The lowest BCUT2D eigenvalue weighted by Crippen LogP contribution is -2.22. The number of rotatable bonds is 6. The van der Waals surface area contributed by atoms with E-state index in [9.17, 15) is 9.90 Å². The smallest absolute Gasteiger partial charge is 0.336 e. The number of aromatic carboxylic acids is 1. The highest BCUT2D eigenvalue weighted by Crippen LogP contribution is 2.43. The van der Waals surface area contributed by atoms with E-state index in [-0.39, 0.29) is 5.56 Å². The maximum atomic E-state index is 12.1. The third-order valence-electron chi connectivity index (χ3n) is 6.21. The molecule has 2 aliphatic rings. The summed E-state index contributed by atoms with van der Waals surface area (Å²) in [5, 5.41) is 11.7. The molecule has 4 rings (SSSR count). The highest BCUT2D eigenvalue weighted by Gasteiger charge is 2.23. The number of carboxylic acids is 1. The van der Waals surface area contributed by atoms with Crippen molar-refractivity contribution >= 4 is 22.6 Å². The standard InChI is InChI=1S/C28H30N2O3/c1-6-29-23-15-25-21(13-17(23)4)27(19-11-9-10-12-20(19)28(31)32)22-14-18(5)24(16-26(22)33-25)30(7-2)8-3/h9-16H,6-8H2,1-5H3,(H,31,32). The van der Waals surface area contributed by atoms with Crippen molar-refractivity contribution in [2.24, 2.45) is 4.99 Å². The summed E-state index contributed by atoms with van der Waals surface area (Å²) in [7, 11) is 0. The molecule has 0 saturated carbocycles. The Morgan fingerprint density at radius 2 is 1.70 bits per heavy atom. The monoisotopic (exact) mass is 442 g/mol. The van der Waals surface area contributed by atoms with Crippen molar-refractivity contribution in [3.8, 4) is 22.5 Å². The first kappa shape index (κ1) is 22.6. The summed E-state index contributed by atoms with van der Waals surface area (Å²) in [6.07, 6.45) is 0. The SMILES string of the molecule is CCN=c1cc2oc3cc(N(CC)CC)c(C)cc3c(-c3ccccc3C(=O)O)c-2cc1C. The number of hydrogen-bond donors (Lipinski definition) is 1. The van der Waals surface area contributed by atoms with Crippen molar-refractivity contribution in [2.75, 3.05) is 24.5 Å². The van der Waals surface area contributed by atoms with Gasteiger partial charge in [-0.1, -0.05) is 18.2 Å². The van der Waals surface area contributed by atoms with Gasteiger partial charge in [0.2, 0.25) is 0 Å². The lowest BCUT2D eigenvalue weighted by atomic mass is 9.89. The van der Waals surface area contributed by atoms with Gasteiger partial charge in [-0.2, -0.15) is 0 Å². The molecule has 0 unspecified atom stereocenters. The van der Waals surface area contributed by atoms with Crippen LogP contribution < -0.4 is 10.3 Å². The van der Waals surface area contributed by atoms with E-state index in [0.717, 1.165) is 57.4 Å². The summed E-state index contributed by atoms with van der Waals surface area (Å²) >= 11 is 0. The van der Waals surface area contributed by atoms with E-state index in [1.807, 2.05) is 32.0 Å². The fourth-order valence-electron chi connectivity index (χ4n) is 4.60. The van der Waals surface area contributed by atoms with Gasteiger partial charge in [0.1, 0.15) is 11.3 Å². The molecule has 1 aliphatic carbocycles. The average Bonchev–Trinajstić information content (AvgIpc) is 2.80. The number of nitrogens with zero attached hydrogens (tertiary/aromatic N) is 2. The molecule has 2 aromatic rings. The van der Waals surface area contributed by atoms with E-state index in [1.54, 1.807) is 12.1 Å². The molecular formula is C28H30N2O3. The van der Waals surface area contributed by atoms with Crippen LogP contribution >= 0.6 is 0 Å². The number of carbonyl (C=O) groups is 1. The van der Waals surface area contributed by atoms with Gasteiger partial charge in [0.05, 0.1) is 10.9 Å². The van der Waals surface area contributed by atoms with Gasteiger partial charge in [-0.25, -0.2) is 4.79 Å². The zero-order valence-corrected chi connectivity index (χ0v) is 19.9. The predicted molar refractivity (Wildman–Crippen MR) is 134 cm³/mol. The van der Waals surface area contributed by atoms with Crippen molar-refractivity contribution in [2.45, 2.75) is 34.6 Å². The molecule has 5 nitrogen and oxygen atoms in total. The van der Waals surface area contributed by atoms with E-state index in [4.69, 9.17) is 4.42 Å². The van der Waals surface area contributed by atoms with Gasteiger partial charge in [0.25, 0.3) is 0 Å². The third kappa shape index (κ3) is 3.99. The van der Waals surface area contributed by atoms with Crippen LogP contribution in [0.25, 0.3) is 33.4 Å². The fraction of sp³-hybridized carbons (Fsp3) is 0.286. The van der Waals surface area contributed by atoms with Crippen LogP contribution in [0, 0.1) is 13.8 Å². The Balaban J connectivity index is 2.19. The van der Waals surface area contributed by atoms with Crippen molar-refractivity contribution in [3.63, 3.8) is 0 Å². The zero-order chi connectivity index (χ0) is 23.7. The minimum absolute atomic E-state index is 0.275. The summed E-state index contributed by atoms with van der Waals surface area (Å²) in [5.41, 5.74) is 6.74. The molecule has 0 bridgehead atoms. The fourth-order valence-corrected chi connectivity index (χ4v) is 4.60. The maximum absolute atomic E-state index is 12.1. The van der Waals surface area contributed by atoms with Crippen molar-refractivity contribution < 1.29 is 14.3 Å². The second-order valence-corrected chi connectivity index (χ2v) is 8.24. The molecule has 170 valence electrons. The quantitative estimate of drug-likeness (QED) is 0.357. The number of fused-ring (bicyclic) bond motifs is 2. The van der Waals surface area contributed by atoms with Crippen LogP contribution in [-0.2, 0) is 0 Å². The van der Waals surface area contributed by atoms with E-state index < -0.39 is 5.97 Å². The summed E-state index contributed by atoms with van der Waals surface area (Å²) < 4.78 is 6.45. The van der Waals surface area contributed by atoms with Crippen molar-refractivity contribution in [1.82, 2.24) is 0 Å². The lowest BCUT2D eigenvalue weighted by molar-refractivity contribution is 0.0697. The Bertz CT molecular complexity index is 1380. The molecule has 5 heteroatoms. The molecule has 0 aromatic heterocycles. The van der Waals surface area contributed by atoms with E-state index in [1.165, 1.54) is 0 Å². The Morgan fingerprint density at radius 3 is 2.36 bits per heavy atom. The van der Waals surface area contributed by atoms with Crippen molar-refractivity contribution in [3.05, 3.63) is 70.6 Å². The Morgan fingerprint density at radius 1 is 0.970 bits per heavy atom. The van der Waals surface area contributed by atoms with Gasteiger partial charge >= 0.3 is 5.97 Å². The minimum Gasteiger partial charge on any atom is -0.478 e. The summed E-state index contributed by atoms with van der Waals surface area (Å²) in [4.78, 5) is 19.0. The number of carboxylic acid groups (broad SMARTS) is 1. The molecule has 1 aliphatic heterocycles. The molecule has 1 N–H and O–H groups in total. The van der Waals surface area contributed by atoms with Crippen molar-refractivity contribution in [1.29, 1.82) is 0 Å². The molecule has 0 fully saturated rings. The summed E-state index contributed by atoms with van der Waals surface area (Å²) in [5.74, 6) is -0.247. The van der Waals surface area contributed by atoms with Gasteiger partial charge < -0.3 is 14.4 Å². The topological polar surface area (TPSA) is 66.0 Å². The van der Waals surface area contributed by atoms with E-state index in [2.05, 4.69) is 48.9 Å². The summed E-state index contributed by atoms with van der Waals surface area (Å²) in [6.45, 7) is 12.9. The van der Waals surface area contributed by atoms with Crippen LogP contribution in [0.15, 0.2) is 57.9 Å². The molecule has 0 saturated heterocycles. The molecule has 0 spiro atoms. The second kappa shape index (κ2) is 9.10. The second-order valence-electron chi connectivity index (χ2n) is 8.24. The van der Waals surface area contributed by atoms with Gasteiger partial charge in [-0.15, -0.1) is 0 Å². The van der Waals surface area contributed by atoms with Crippen LogP contribution in [-0.4, -0.2) is 30.7 Å². The third-order valence-corrected chi connectivity index (χ3v) is 6.21. The van der Waals surface area contributed by atoms with Crippen LogP contribution in [0.5, 0.6) is 0 Å². The molecule has 0 atom stereocenters. The van der Waals surface area contributed by atoms with Crippen LogP contribution in [0.2, 0.25) is 0 Å². The first-order valence-electron chi connectivity index (χ1n) is 11.5. The molecule has 0 radical (unpaired) electrons. The number of hydrogen-bond acceptors (Lipinski definition) is 4. The molecular weight excluding hydrogens is 412 g/mol. The Hall–Kier alpha value is -3.60. The van der Waals surface area contributed by atoms with E-state index in [0.29, 0.717) is 17.9 Å². The van der Waals surface area contributed by atoms with Gasteiger partial charge in [-0.3, -0.25) is 4.99 Å². The lowest BCUT2D eigenvalue weighted by Gasteiger charge is -2.25. The largest absolute Gasteiger partial charge is 0.478 e. The average molecular weight is 443 g/mol. The molecule has 2 aromatic carbocycles. The summed E-state index contributed by atoms with van der Waals surface area (Å²) in [6, 6.07) is 15.4. The van der Waals surface area contributed by atoms with E-state index >= 15 is 0 Å². The first-order chi connectivity index (χ1) is 15.9. The Labute approximate surface area is 194 Å². The highest BCUT2D eigenvalue weighted by molar-refractivity contribution is 6.08. The van der Waals surface area contributed by atoms with Crippen LogP contribution in [0.1, 0.15) is 42.3 Å². The normalized spacial score (nSPS) is 12.0. The van der Waals surface area contributed by atoms with Gasteiger partial charge in [-0.05, 0) is 69.5 Å². The minimum atomic E-state index is -0.946. The number of anilines is 1. The molecule has 0 amide bonds. The van der Waals surface area contributed by atoms with Gasteiger partial charge in [0, 0.05) is 54.0 Å². The number of benzene rings is 3. The Kier molecular flexibility index (Phi) is 6.23. The zero-order valence-electron chi connectivity index (χ0n) is 19.9.